The number of unbranched alkanes of at least 4 members (excludes halogenated alkanes) is 1. The van der Waals surface area contributed by atoms with E-state index in [0.717, 1.165) is 42.1 Å². The highest BCUT2D eigenvalue weighted by Gasteiger charge is 2.08. The second-order valence-electron chi connectivity index (χ2n) is 5.78. The highest BCUT2D eigenvalue weighted by Crippen LogP contribution is 2.30. The lowest BCUT2D eigenvalue weighted by molar-refractivity contribution is -0.139. The van der Waals surface area contributed by atoms with Crippen LogP contribution in [0.3, 0.4) is 0 Å². The molecule has 0 spiro atoms. The molecule has 0 saturated carbocycles. The molecule has 0 radical (unpaired) electrons. The molecule has 0 heterocycles. The van der Waals surface area contributed by atoms with Gasteiger partial charge in [-0.05, 0) is 67.8 Å². The summed E-state index contributed by atoms with van der Waals surface area (Å²) in [4.78, 5) is 11.8. The van der Waals surface area contributed by atoms with E-state index >= 15 is 0 Å². The maximum atomic E-state index is 10.6. The van der Waals surface area contributed by atoms with E-state index in [1.165, 1.54) is 4.90 Å². The summed E-state index contributed by atoms with van der Waals surface area (Å²) in [5, 5.41) is 8.71. The molecular weight excluding hydrogens is 336 g/mol. The Morgan fingerprint density at radius 2 is 1.80 bits per heavy atom. The van der Waals surface area contributed by atoms with Crippen LogP contribution in [0, 0.1) is 13.8 Å². The van der Waals surface area contributed by atoms with Gasteiger partial charge in [0.05, 0.1) is 6.61 Å². The van der Waals surface area contributed by atoms with Gasteiger partial charge in [0.2, 0.25) is 0 Å². The molecule has 1 N–H and O–H groups in total. The van der Waals surface area contributed by atoms with Crippen molar-refractivity contribution in [1.82, 2.24) is 0 Å². The number of aliphatic carboxylic acids is 1. The standard InChI is InChI=1S/C20H24O4S/c1-15-13-19(16(2)12-18(15)24-14-20(21)22)25-11-7-6-10-23-17-8-4-3-5-9-17/h3-5,8-9,12-13H,6-7,10-11,14H2,1-2H3,(H,21,22). The average Bonchev–Trinajstić information content (AvgIpc) is 2.60. The number of hydrogen-bond acceptors (Lipinski definition) is 4. The van der Waals surface area contributed by atoms with E-state index in [1.807, 2.05) is 62.0 Å². The van der Waals surface area contributed by atoms with Crippen molar-refractivity contribution in [3.63, 3.8) is 0 Å². The van der Waals surface area contributed by atoms with Crippen LogP contribution in [0.4, 0.5) is 0 Å². The van der Waals surface area contributed by atoms with Gasteiger partial charge in [0.1, 0.15) is 11.5 Å². The van der Waals surface area contributed by atoms with Crippen LogP contribution < -0.4 is 9.47 Å². The van der Waals surface area contributed by atoms with Crippen LogP contribution in [0.25, 0.3) is 0 Å². The van der Waals surface area contributed by atoms with Crippen molar-refractivity contribution < 1.29 is 19.4 Å². The van der Waals surface area contributed by atoms with Crippen LogP contribution in [-0.2, 0) is 4.79 Å². The fraction of sp³-hybridized carbons (Fsp3) is 0.350. The minimum Gasteiger partial charge on any atom is -0.494 e. The van der Waals surface area contributed by atoms with Gasteiger partial charge < -0.3 is 14.6 Å². The first-order valence-electron chi connectivity index (χ1n) is 8.33. The molecule has 0 aliphatic heterocycles. The minimum atomic E-state index is -0.965. The predicted molar refractivity (Wildman–Crippen MR) is 101 cm³/mol. The maximum absolute atomic E-state index is 10.6. The third kappa shape index (κ3) is 6.70. The van der Waals surface area contributed by atoms with Crippen LogP contribution in [0.2, 0.25) is 0 Å². The third-order valence-corrected chi connectivity index (χ3v) is 4.88. The maximum Gasteiger partial charge on any atom is 0.341 e. The molecule has 5 heteroatoms. The second-order valence-corrected chi connectivity index (χ2v) is 6.92. The number of carboxylic acids is 1. The monoisotopic (exact) mass is 360 g/mol. The fourth-order valence-corrected chi connectivity index (χ4v) is 3.42. The average molecular weight is 360 g/mol. The van der Waals surface area contributed by atoms with Crippen molar-refractivity contribution in [3.05, 3.63) is 53.6 Å². The van der Waals surface area contributed by atoms with E-state index in [1.54, 1.807) is 0 Å². The number of ether oxygens (including phenoxy) is 2. The van der Waals surface area contributed by atoms with Crippen LogP contribution in [0.1, 0.15) is 24.0 Å². The number of benzene rings is 2. The predicted octanol–water partition coefficient (Wildman–Crippen LogP) is 4.72. The van der Waals surface area contributed by atoms with Crippen molar-refractivity contribution in [3.8, 4) is 11.5 Å². The Hall–Kier alpha value is -2.14. The molecule has 134 valence electrons. The van der Waals surface area contributed by atoms with Crippen LogP contribution in [0.15, 0.2) is 47.4 Å². The molecule has 0 bridgehead atoms. The Kier molecular flexibility index (Phi) is 7.67. The number of thioether (sulfide) groups is 1. The smallest absolute Gasteiger partial charge is 0.341 e. The number of aryl methyl sites for hydroxylation is 2. The second kappa shape index (κ2) is 9.99. The van der Waals surface area contributed by atoms with E-state index in [2.05, 4.69) is 6.07 Å². The molecule has 25 heavy (non-hydrogen) atoms. The van der Waals surface area contributed by atoms with E-state index in [0.29, 0.717) is 5.75 Å². The number of carboxylic acid groups (broad SMARTS) is 1. The van der Waals surface area contributed by atoms with Crippen molar-refractivity contribution in [2.45, 2.75) is 31.6 Å². The fourth-order valence-electron chi connectivity index (χ4n) is 2.31. The third-order valence-electron chi connectivity index (χ3n) is 3.63. The summed E-state index contributed by atoms with van der Waals surface area (Å²) in [6, 6.07) is 13.8. The Bertz CT molecular complexity index is 686. The Morgan fingerprint density at radius 3 is 2.52 bits per heavy atom. The SMILES string of the molecule is Cc1cc(SCCCCOc2ccccc2)c(C)cc1OCC(=O)O. The van der Waals surface area contributed by atoms with Gasteiger partial charge in [0.25, 0.3) is 0 Å². The van der Waals surface area contributed by atoms with Gasteiger partial charge in [-0.1, -0.05) is 18.2 Å². The summed E-state index contributed by atoms with van der Waals surface area (Å²) in [7, 11) is 0. The summed E-state index contributed by atoms with van der Waals surface area (Å²) in [6.07, 6.45) is 2.09. The molecule has 0 aliphatic carbocycles. The Balaban J connectivity index is 1.73. The van der Waals surface area contributed by atoms with Crippen LogP contribution in [-0.4, -0.2) is 30.0 Å². The van der Waals surface area contributed by atoms with Crippen molar-refractivity contribution in [1.29, 1.82) is 0 Å². The summed E-state index contributed by atoms with van der Waals surface area (Å²) in [5.41, 5.74) is 2.07. The van der Waals surface area contributed by atoms with Crippen LogP contribution >= 0.6 is 11.8 Å². The normalized spacial score (nSPS) is 10.5. The Labute approximate surface area is 153 Å². The molecule has 0 amide bonds. The lowest BCUT2D eigenvalue weighted by Crippen LogP contribution is -2.10. The molecule has 2 aromatic carbocycles. The largest absolute Gasteiger partial charge is 0.494 e. The molecule has 2 aromatic rings. The zero-order valence-corrected chi connectivity index (χ0v) is 15.5. The van der Waals surface area contributed by atoms with Gasteiger partial charge in [-0.2, -0.15) is 0 Å². The summed E-state index contributed by atoms with van der Waals surface area (Å²) >= 11 is 1.81. The molecule has 0 aliphatic rings. The molecular formula is C20H24O4S. The van der Waals surface area contributed by atoms with Gasteiger partial charge in [-0.3, -0.25) is 0 Å². The van der Waals surface area contributed by atoms with E-state index in [-0.39, 0.29) is 6.61 Å². The first-order valence-corrected chi connectivity index (χ1v) is 9.31. The topological polar surface area (TPSA) is 55.8 Å². The molecule has 0 unspecified atom stereocenters. The molecule has 0 aromatic heterocycles. The highest BCUT2D eigenvalue weighted by atomic mass is 32.2. The quantitative estimate of drug-likeness (QED) is 0.491. The van der Waals surface area contributed by atoms with Gasteiger partial charge in [-0.25, -0.2) is 4.79 Å². The molecule has 0 saturated heterocycles. The van der Waals surface area contributed by atoms with E-state index in [9.17, 15) is 4.79 Å². The number of hydrogen-bond donors (Lipinski definition) is 1. The number of rotatable bonds is 10. The summed E-state index contributed by atoms with van der Waals surface area (Å²) in [6.45, 7) is 4.38. The lowest BCUT2D eigenvalue weighted by atomic mass is 10.1. The van der Waals surface area contributed by atoms with Gasteiger partial charge in [-0.15, -0.1) is 11.8 Å². The minimum absolute atomic E-state index is 0.311. The zero-order valence-electron chi connectivity index (χ0n) is 14.7. The zero-order chi connectivity index (χ0) is 18.1. The van der Waals surface area contributed by atoms with Gasteiger partial charge in [0.15, 0.2) is 6.61 Å². The van der Waals surface area contributed by atoms with Crippen molar-refractivity contribution >= 4 is 17.7 Å². The lowest BCUT2D eigenvalue weighted by Gasteiger charge is -2.12. The molecule has 2 rings (SSSR count). The first kappa shape index (κ1) is 19.2. The summed E-state index contributed by atoms with van der Waals surface area (Å²) < 4.78 is 11.0. The van der Waals surface area contributed by atoms with Crippen LogP contribution in [0.5, 0.6) is 11.5 Å². The van der Waals surface area contributed by atoms with Crippen molar-refractivity contribution in [2.75, 3.05) is 19.0 Å². The molecule has 0 fully saturated rings. The molecule has 0 atom stereocenters. The highest BCUT2D eigenvalue weighted by molar-refractivity contribution is 7.99. The van der Waals surface area contributed by atoms with E-state index < -0.39 is 5.97 Å². The van der Waals surface area contributed by atoms with E-state index in [4.69, 9.17) is 14.6 Å². The van der Waals surface area contributed by atoms with Gasteiger partial charge in [0, 0.05) is 4.90 Å². The summed E-state index contributed by atoms with van der Waals surface area (Å²) in [5.74, 6) is 1.61. The van der Waals surface area contributed by atoms with Crippen molar-refractivity contribution in [2.24, 2.45) is 0 Å². The number of para-hydroxylation sites is 1. The van der Waals surface area contributed by atoms with Gasteiger partial charge >= 0.3 is 5.97 Å². The Morgan fingerprint density at radius 1 is 1.04 bits per heavy atom. The first-order chi connectivity index (χ1) is 12.1. The number of carbonyl (C=O) groups is 1. The molecule has 4 nitrogen and oxygen atoms in total.